The Kier molecular flexibility index (Phi) is 4.46. The van der Waals surface area contributed by atoms with E-state index in [1.54, 1.807) is 21.3 Å². The molecule has 2 heterocycles. The van der Waals surface area contributed by atoms with Crippen LogP contribution in [0.5, 0.6) is 0 Å². The predicted octanol–water partition coefficient (Wildman–Crippen LogP) is 3.62. The lowest BCUT2D eigenvalue weighted by Crippen LogP contribution is -2.34. The fraction of sp³-hybridized carbons (Fsp3) is 0.167. The number of carbonyl (C=O) groups is 1. The SMILES string of the molecule is O=C1CSc2ccccc2N1Cc1cn(Cc2ccc(Cl)cc2)nn1. The Bertz CT molecular complexity index is 909. The molecule has 126 valence electrons. The van der Waals surface area contributed by atoms with Crippen molar-refractivity contribution < 1.29 is 4.79 Å². The van der Waals surface area contributed by atoms with Gasteiger partial charge in [-0.2, -0.15) is 0 Å². The molecule has 0 unspecified atom stereocenters. The number of hydrogen-bond donors (Lipinski definition) is 0. The summed E-state index contributed by atoms with van der Waals surface area (Å²) in [4.78, 5) is 15.2. The van der Waals surface area contributed by atoms with E-state index in [2.05, 4.69) is 10.3 Å². The smallest absolute Gasteiger partial charge is 0.237 e. The fourth-order valence-corrected chi connectivity index (χ4v) is 3.82. The van der Waals surface area contributed by atoms with E-state index < -0.39 is 0 Å². The van der Waals surface area contributed by atoms with Crippen LogP contribution in [0.15, 0.2) is 59.6 Å². The molecule has 0 spiro atoms. The zero-order valence-electron chi connectivity index (χ0n) is 13.3. The van der Waals surface area contributed by atoms with Gasteiger partial charge >= 0.3 is 0 Å². The molecule has 4 rings (SSSR count). The predicted molar refractivity (Wildman–Crippen MR) is 98.9 cm³/mol. The maximum atomic E-state index is 12.3. The van der Waals surface area contributed by atoms with Crippen LogP contribution in [0.2, 0.25) is 5.02 Å². The Hall–Kier alpha value is -2.31. The highest BCUT2D eigenvalue weighted by Crippen LogP contribution is 2.35. The molecule has 1 aromatic heterocycles. The van der Waals surface area contributed by atoms with E-state index in [-0.39, 0.29) is 5.91 Å². The summed E-state index contributed by atoms with van der Waals surface area (Å²) in [7, 11) is 0. The normalized spacial score (nSPS) is 13.8. The lowest BCUT2D eigenvalue weighted by Gasteiger charge is -2.28. The number of aromatic nitrogens is 3. The monoisotopic (exact) mass is 370 g/mol. The molecule has 5 nitrogen and oxygen atoms in total. The summed E-state index contributed by atoms with van der Waals surface area (Å²) < 4.78 is 1.77. The molecule has 0 radical (unpaired) electrons. The Labute approximate surface area is 154 Å². The molecule has 0 fully saturated rings. The number of para-hydroxylation sites is 1. The van der Waals surface area contributed by atoms with Gasteiger partial charge in [0, 0.05) is 9.92 Å². The van der Waals surface area contributed by atoms with E-state index in [4.69, 9.17) is 11.6 Å². The van der Waals surface area contributed by atoms with Crippen LogP contribution in [0.1, 0.15) is 11.3 Å². The van der Waals surface area contributed by atoms with Crippen LogP contribution in [0, 0.1) is 0 Å². The van der Waals surface area contributed by atoms with Crippen molar-refractivity contribution >= 4 is 35.0 Å². The number of carbonyl (C=O) groups excluding carboxylic acids is 1. The van der Waals surface area contributed by atoms with Gasteiger partial charge in [0.15, 0.2) is 0 Å². The van der Waals surface area contributed by atoms with E-state index in [1.807, 2.05) is 54.7 Å². The third kappa shape index (κ3) is 3.55. The number of hydrogen-bond acceptors (Lipinski definition) is 4. The number of amides is 1. The van der Waals surface area contributed by atoms with Crippen molar-refractivity contribution in [1.82, 2.24) is 15.0 Å². The first kappa shape index (κ1) is 16.2. The quantitative estimate of drug-likeness (QED) is 0.703. The molecule has 0 N–H and O–H groups in total. The van der Waals surface area contributed by atoms with Gasteiger partial charge in [0.05, 0.1) is 30.7 Å². The number of rotatable bonds is 4. The maximum absolute atomic E-state index is 12.3. The highest BCUT2D eigenvalue weighted by molar-refractivity contribution is 8.00. The largest absolute Gasteiger partial charge is 0.304 e. The molecule has 0 saturated heterocycles. The van der Waals surface area contributed by atoms with Crippen LogP contribution in [-0.2, 0) is 17.9 Å². The van der Waals surface area contributed by atoms with Gasteiger partial charge in [-0.25, -0.2) is 4.68 Å². The molecule has 2 aromatic carbocycles. The van der Waals surface area contributed by atoms with Crippen molar-refractivity contribution in [2.75, 3.05) is 10.7 Å². The molecule has 1 aliphatic rings. The Balaban J connectivity index is 1.51. The van der Waals surface area contributed by atoms with Gasteiger partial charge in [-0.3, -0.25) is 4.79 Å². The summed E-state index contributed by atoms with van der Waals surface area (Å²) in [6, 6.07) is 15.6. The summed E-state index contributed by atoms with van der Waals surface area (Å²) in [6.07, 6.45) is 1.88. The van der Waals surface area contributed by atoms with Crippen LogP contribution < -0.4 is 4.90 Å². The van der Waals surface area contributed by atoms with Crippen molar-refractivity contribution in [3.8, 4) is 0 Å². The van der Waals surface area contributed by atoms with Crippen molar-refractivity contribution in [3.05, 3.63) is 71.0 Å². The molecule has 0 atom stereocenters. The van der Waals surface area contributed by atoms with Crippen LogP contribution in [0.3, 0.4) is 0 Å². The molecule has 25 heavy (non-hydrogen) atoms. The zero-order valence-corrected chi connectivity index (χ0v) is 14.9. The molecule has 1 amide bonds. The standard InChI is InChI=1S/C18H15ClN4OS/c19-14-7-5-13(6-8-14)9-22-10-15(20-21-22)11-23-16-3-1-2-4-17(16)25-12-18(23)24/h1-8,10H,9,11-12H2. The molecular weight excluding hydrogens is 356 g/mol. The maximum Gasteiger partial charge on any atom is 0.237 e. The third-order valence-corrected chi connectivity index (χ3v) is 5.27. The van der Waals surface area contributed by atoms with Crippen molar-refractivity contribution in [3.63, 3.8) is 0 Å². The first-order valence-corrected chi connectivity index (χ1v) is 9.21. The van der Waals surface area contributed by atoms with Crippen LogP contribution in [0.4, 0.5) is 5.69 Å². The molecule has 3 aromatic rings. The Morgan fingerprint density at radius 1 is 1.08 bits per heavy atom. The van der Waals surface area contributed by atoms with Gasteiger partial charge in [0.2, 0.25) is 5.91 Å². The number of anilines is 1. The lowest BCUT2D eigenvalue weighted by atomic mass is 10.2. The molecule has 0 saturated carbocycles. The number of nitrogens with zero attached hydrogens (tertiary/aromatic N) is 4. The van der Waals surface area contributed by atoms with Crippen LogP contribution in [-0.4, -0.2) is 26.7 Å². The van der Waals surface area contributed by atoms with Gasteiger partial charge in [0.1, 0.15) is 5.69 Å². The first-order valence-electron chi connectivity index (χ1n) is 7.85. The second kappa shape index (κ2) is 6.90. The summed E-state index contributed by atoms with van der Waals surface area (Å²) in [5.74, 6) is 0.548. The second-order valence-corrected chi connectivity index (χ2v) is 7.22. The minimum atomic E-state index is 0.0935. The van der Waals surface area contributed by atoms with E-state index in [0.29, 0.717) is 23.9 Å². The molecular formula is C18H15ClN4OS. The minimum absolute atomic E-state index is 0.0935. The van der Waals surface area contributed by atoms with Crippen LogP contribution in [0.25, 0.3) is 0 Å². The third-order valence-electron chi connectivity index (χ3n) is 3.97. The van der Waals surface area contributed by atoms with Gasteiger partial charge < -0.3 is 4.90 Å². The van der Waals surface area contributed by atoms with Crippen molar-refractivity contribution in [1.29, 1.82) is 0 Å². The zero-order chi connectivity index (χ0) is 17.2. The van der Waals surface area contributed by atoms with E-state index in [1.165, 1.54) is 0 Å². The molecule has 0 aliphatic carbocycles. The van der Waals surface area contributed by atoms with E-state index >= 15 is 0 Å². The lowest BCUT2D eigenvalue weighted by molar-refractivity contribution is -0.116. The van der Waals surface area contributed by atoms with Gasteiger partial charge in [-0.1, -0.05) is 41.1 Å². The van der Waals surface area contributed by atoms with Gasteiger partial charge in [-0.15, -0.1) is 16.9 Å². The summed E-state index contributed by atoms with van der Waals surface area (Å²) in [5, 5.41) is 9.10. The highest BCUT2D eigenvalue weighted by atomic mass is 35.5. The minimum Gasteiger partial charge on any atom is -0.304 e. The average Bonchev–Trinajstić information content (AvgIpc) is 3.07. The number of halogens is 1. The topological polar surface area (TPSA) is 51.0 Å². The average molecular weight is 371 g/mol. The van der Waals surface area contributed by atoms with E-state index in [9.17, 15) is 4.79 Å². The Morgan fingerprint density at radius 2 is 1.88 bits per heavy atom. The summed E-state index contributed by atoms with van der Waals surface area (Å²) in [5.41, 5.74) is 2.80. The summed E-state index contributed by atoms with van der Waals surface area (Å²) >= 11 is 7.48. The first-order chi connectivity index (χ1) is 12.2. The molecule has 1 aliphatic heterocycles. The molecule has 0 bridgehead atoms. The van der Waals surface area contributed by atoms with Crippen molar-refractivity contribution in [2.24, 2.45) is 0 Å². The number of thioether (sulfide) groups is 1. The number of benzene rings is 2. The molecule has 7 heteroatoms. The van der Waals surface area contributed by atoms with Gasteiger partial charge in [-0.05, 0) is 29.8 Å². The second-order valence-electron chi connectivity index (χ2n) is 5.77. The van der Waals surface area contributed by atoms with Crippen LogP contribution >= 0.6 is 23.4 Å². The van der Waals surface area contributed by atoms with Crippen molar-refractivity contribution in [2.45, 2.75) is 18.0 Å². The number of fused-ring (bicyclic) bond motifs is 1. The van der Waals surface area contributed by atoms with Gasteiger partial charge in [0.25, 0.3) is 0 Å². The highest BCUT2D eigenvalue weighted by Gasteiger charge is 2.25. The fourth-order valence-electron chi connectivity index (χ4n) is 2.75. The summed E-state index contributed by atoms with van der Waals surface area (Å²) in [6.45, 7) is 1.04. The van der Waals surface area contributed by atoms with E-state index in [0.717, 1.165) is 21.8 Å². The Morgan fingerprint density at radius 3 is 2.72 bits per heavy atom.